The zero-order valence-corrected chi connectivity index (χ0v) is 14.0. The molecule has 0 aromatic heterocycles. The highest BCUT2D eigenvalue weighted by Gasteiger charge is 2.39. The second-order valence-electron chi connectivity index (χ2n) is 4.77. The number of nitrogens with one attached hydrogen (secondary N) is 1. The number of sulfonamides is 1. The van der Waals surface area contributed by atoms with E-state index in [9.17, 15) is 21.6 Å². The number of alkyl halides is 1. The van der Waals surface area contributed by atoms with Gasteiger partial charge in [-0.25, -0.2) is 26.4 Å². The van der Waals surface area contributed by atoms with Crippen LogP contribution < -0.4 is 4.72 Å². The number of carboxylic acids is 1. The van der Waals surface area contributed by atoms with Crippen molar-refractivity contribution in [1.82, 2.24) is 4.72 Å². The number of rotatable bonds is 4. The van der Waals surface area contributed by atoms with Gasteiger partial charge in [0.25, 0.3) is 0 Å². The van der Waals surface area contributed by atoms with Crippen LogP contribution in [0.15, 0.2) is 23.1 Å². The van der Waals surface area contributed by atoms with Crippen molar-refractivity contribution in [1.29, 1.82) is 0 Å². The molecule has 122 valence electrons. The summed E-state index contributed by atoms with van der Waals surface area (Å²) < 4.78 is 49.7. The lowest BCUT2D eigenvalue weighted by Gasteiger charge is -2.15. The van der Waals surface area contributed by atoms with E-state index in [0.29, 0.717) is 0 Å². The minimum Gasteiger partial charge on any atom is -0.478 e. The molecule has 0 saturated carbocycles. The van der Waals surface area contributed by atoms with Crippen molar-refractivity contribution in [2.75, 3.05) is 11.5 Å². The lowest BCUT2D eigenvalue weighted by molar-refractivity contribution is 0.0696. The molecule has 2 atom stereocenters. The molecule has 2 N–H and O–H groups in total. The molecule has 7 nitrogen and oxygen atoms in total. The van der Waals surface area contributed by atoms with Crippen LogP contribution in [0.5, 0.6) is 0 Å². The largest absolute Gasteiger partial charge is 0.478 e. The third-order valence-electron chi connectivity index (χ3n) is 3.06. The molecular weight excluding hydrogens is 377 g/mol. The van der Waals surface area contributed by atoms with Gasteiger partial charge in [0.1, 0.15) is 4.90 Å². The molecule has 0 unspecified atom stereocenters. The minimum absolute atomic E-state index is 0.176. The van der Waals surface area contributed by atoms with Gasteiger partial charge in [-0.1, -0.05) is 11.6 Å². The van der Waals surface area contributed by atoms with E-state index in [2.05, 4.69) is 4.72 Å². The molecule has 0 spiro atoms. The fourth-order valence-electron chi connectivity index (χ4n) is 2.02. The van der Waals surface area contributed by atoms with Crippen molar-refractivity contribution < 1.29 is 26.7 Å². The topological polar surface area (TPSA) is 118 Å². The van der Waals surface area contributed by atoms with Crippen LogP contribution in [-0.4, -0.2) is 50.8 Å². The van der Waals surface area contributed by atoms with E-state index in [1.54, 1.807) is 0 Å². The van der Waals surface area contributed by atoms with E-state index in [1.165, 1.54) is 0 Å². The summed E-state index contributed by atoms with van der Waals surface area (Å²) in [5.74, 6) is -2.06. The summed E-state index contributed by atoms with van der Waals surface area (Å²) in [6.07, 6.45) is 0. The summed E-state index contributed by atoms with van der Waals surface area (Å²) in [5.41, 5.74) is -0.258. The molecular formula is C11H11Cl2NO6S2. The lowest BCUT2D eigenvalue weighted by atomic mass is 10.2. The lowest BCUT2D eigenvalue weighted by Crippen LogP contribution is -2.40. The quantitative estimate of drug-likeness (QED) is 0.734. The summed E-state index contributed by atoms with van der Waals surface area (Å²) in [6, 6.07) is 2.21. The van der Waals surface area contributed by atoms with Crippen LogP contribution in [0.1, 0.15) is 10.4 Å². The van der Waals surface area contributed by atoms with E-state index in [-0.39, 0.29) is 16.3 Å². The molecule has 11 heteroatoms. The zero-order chi connectivity index (χ0) is 16.7. The average molecular weight is 388 g/mol. The van der Waals surface area contributed by atoms with E-state index >= 15 is 0 Å². The Labute approximate surface area is 137 Å². The summed E-state index contributed by atoms with van der Waals surface area (Å²) in [5, 5.41) is 7.82. The maximum Gasteiger partial charge on any atom is 0.335 e. The fraction of sp³-hybridized carbons (Fsp3) is 0.364. The van der Waals surface area contributed by atoms with Crippen molar-refractivity contribution in [2.24, 2.45) is 0 Å². The average Bonchev–Trinajstić information content (AvgIpc) is 2.61. The number of halogens is 2. The first-order valence-electron chi connectivity index (χ1n) is 5.91. The van der Waals surface area contributed by atoms with Gasteiger partial charge >= 0.3 is 5.97 Å². The van der Waals surface area contributed by atoms with Gasteiger partial charge in [0.15, 0.2) is 9.84 Å². The maximum absolute atomic E-state index is 12.3. The smallest absolute Gasteiger partial charge is 0.335 e. The number of hydrogen-bond acceptors (Lipinski definition) is 5. The number of carboxylic acid groups (broad SMARTS) is 1. The Morgan fingerprint density at radius 2 is 1.95 bits per heavy atom. The van der Waals surface area contributed by atoms with Gasteiger partial charge in [-0.05, 0) is 18.2 Å². The highest BCUT2D eigenvalue weighted by Crippen LogP contribution is 2.25. The normalized spacial score (nSPS) is 24.3. The van der Waals surface area contributed by atoms with E-state index in [1.807, 2.05) is 0 Å². The number of aromatic carboxylic acids is 1. The van der Waals surface area contributed by atoms with Gasteiger partial charge in [-0.15, -0.1) is 11.6 Å². The van der Waals surface area contributed by atoms with E-state index < -0.39 is 47.9 Å². The maximum atomic E-state index is 12.3. The van der Waals surface area contributed by atoms with Crippen LogP contribution in [0.25, 0.3) is 0 Å². The van der Waals surface area contributed by atoms with Gasteiger partial charge in [0, 0.05) is 0 Å². The first kappa shape index (κ1) is 17.5. The van der Waals surface area contributed by atoms with Gasteiger partial charge in [-0.2, -0.15) is 0 Å². The molecule has 2 rings (SSSR count). The van der Waals surface area contributed by atoms with Crippen LogP contribution in [0.4, 0.5) is 0 Å². The van der Waals surface area contributed by atoms with Gasteiger partial charge in [-0.3, -0.25) is 0 Å². The number of carbonyl (C=O) groups is 1. The molecule has 1 saturated heterocycles. The molecule has 0 bridgehead atoms. The van der Waals surface area contributed by atoms with Crippen LogP contribution in [0.2, 0.25) is 5.02 Å². The molecule has 0 aliphatic carbocycles. The SMILES string of the molecule is O=C(O)c1ccc(Cl)c(S(=O)(=O)N[C@@H]2CS(=O)(=O)C[C@@H]2Cl)c1. The van der Waals surface area contributed by atoms with Crippen molar-refractivity contribution in [3.63, 3.8) is 0 Å². The van der Waals surface area contributed by atoms with Crippen molar-refractivity contribution in [3.05, 3.63) is 28.8 Å². The Morgan fingerprint density at radius 3 is 2.45 bits per heavy atom. The molecule has 1 aromatic rings. The van der Waals surface area contributed by atoms with Crippen molar-refractivity contribution >= 4 is 49.0 Å². The molecule has 1 aliphatic heterocycles. The molecule has 1 aliphatic rings. The Kier molecular flexibility index (Phi) is 4.74. The summed E-state index contributed by atoms with van der Waals surface area (Å²) >= 11 is 11.6. The second-order valence-corrected chi connectivity index (χ2v) is 9.58. The highest BCUT2D eigenvalue weighted by molar-refractivity contribution is 7.92. The highest BCUT2D eigenvalue weighted by atomic mass is 35.5. The third-order valence-corrected chi connectivity index (χ3v) is 7.40. The van der Waals surface area contributed by atoms with Crippen LogP contribution >= 0.6 is 23.2 Å². The number of hydrogen-bond donors (Lipinski definition) is 2. The summed E-state index contributed by atoms with van der Waals surface area (Å²) in [7, 11) is -7.62. The molecule has 0 amide bonds. The summed E-state index contributed by atoms with van der Waals surface area (Å²) in [4.78, 5) is 10.5. The van der Waals surface area contributed by atoms with E-state index in [4.69, 9.17) is 28.3 Å². The van der Waals surface area contributed by atoms with Gasteiger partial charge in [0.05, 0.1) is 33.5 Å². The van der Waals surface area contributed by atoms with Crippen LogP contribution in [0, 0.1) is 0 Å². The molecule has 0 radical (unpaired) electrons. The Bertz CT molecular complexity index is 821. The van der Waals surface area contributed by atoms with E-state index in [0.717, 1.165) is 18.2 Å². The number of benzene rings is 1. The van der Waals surface area contributed by atoms with Gasteiger partial charge < -0.3 is 5.11 Å². The Hall–Kier alpha value is -0.870. The van der Waals surface area contributed by atoms with Gasteiger partial charge in [0.2, 0.25) is 10.0 Å². The molecule has 1 fully saturated rings. The number of sulfone groups is 1. The predicted octanol–water partition coefficient (Wildman–Crippen LogP) is 0.721. The van der Waals surface area contributed by atoms with Crippen molar-refractivity contribution in [2.45, 2.75) is 16.3 Å². The monoisotopic (exact) mass is 387 g/mol. The zero-order valence-electron chi connectivity index (χ0n) is 10.9. The molecule has 1 heterocycles. The second kappa shape index (κ2) is 5.97. The summed E-state index contributed by atoms with van der Waals surface area (Å²) in [6.45, 7) is 0. The minimum atomic E-state index is -4.21. The predicted molar refractivity (Wildman–Crippen MR) is 80.8 cm³/mol. The Morgan fingerprint density at radius 1 is 1.32 bits per heavy atom. The van der Waals surface area contributed by atoms with Crippen LogP contribution in [-0.2, 0) is 19.9 Å². The Balaban J connectivity index is 2.35. The third kappa shape index (κ3) is 3.72. The first-order chi connectivity index (χ1) is 10.0. The first-order valence-corrected chi connectivity index (χ1v) is 10.0. The fourth-order valence-corrected chi connectivity index (χ4v) is 6.55. The van der Waals surface area contributed by atoms with Crippen LogP contribution in [0.3, 0.4) is 0 Å². The molecule has 22 heavy (non-hydrogen) atoms. The molecule has 1 aromatic carbocycles. The standard InChI is InChI=1S/C11H11Cl2NO6S2/c12-7-2-1-6(11(15)16)3-10(7)22(19,20)14-9-5-21(17,18)4-8(9)13/h1-3,8-9,14H,4-5H2,(H,15,16)/t8-,9+/m0/s1. The van der Waals surface area contributed by atoms with Crippen molar-refractivity contribution in [3.8, 4) is 0 Å².